The number of nitrogens with one attached hydrogen (secondary N) is 2. The molecule has 2 aromatic carbocycles. The Labute approximate surface area is 257 Å². The van der Waals surface area contributed by atoms with Crippen LogP contribution >= 0.6 is 0 Å². The molecule has 0 aromatic heterocycles. The van der Waals surface area contributed by atoms with Crippen molar-refractivity contribution in [3.8, 4) is 0 Å². The Morgan fingerprint density at radius 1 is 1.07 bits per heavy atom. The van der Waals surface area contributed by atoms with Crippen molar-refractivity contribution in [2.24, 2.45) is 10.9 Å². The first-order valence-electron chi connectivity index (χ1n) is 15.1. The Kier molecular flexibility index (Phi) is 10.6. The monoisotopic (exact) mass is 603 g/mol. The number of hydrogen-bond acceptors (Lipinski definition) is 8. The minimum atomic E-state index is -0.733. The lowest BCUT2D eigenvalue weighted by atomic mass is 9.72. The fraction of sp³-hybridized carbons (Fsp3) is 0.455. The molecule has 0 radical (unpaired) electrons. The molecule has 0 spiro atoms. The third-order valence-electron chi connectivity index (χ3n) is 8.70. The number of likely N-dealkylation sites (tertiary alicyclic amines) is 1. The van der Waals surface area contributed by atoms with Crippen LogP contribution in [-0.4, -0.2) is 73.2 Å². The standard InChI is InChI=1S/C33H41N5O6/c1-5-44-32(41)33(25-10-7-6-8-11-25)16-20-37(21-17-33)19-9-18-35-31(40)28-23(3)36-22(2)27(30(39)34-4)29(28)24-12-14-26(15-13-24)38(42)43/h6-8,10-15,27,29H,5,9,16-21H2,1-4H3,(H,34,39)(H,35,40). The largest absolute Gasteiger partial charge is 0.465 e. The number of piperidine rings is 1. The predicted octanol–water partition coefficient (Wildman–Crippen LogP) is 3.89. The molecular weight excluding hydrogens is 562 g/mol. The van der Waals surface area contributed by atoms with E-state index in [2.05, 4.69) is 20.5 Å². The maximum absolute atomic E-state index is 13.6. The number of aliphatic imine (C=N–C) groups is 1. The van der Waals surface area contributed by atoms with Crippen LogP contribution in [0.15, 0.2) is 70.9 Å². The van der Waals surface area contributed by atoms with E-state index < -0.39 is 22.2 Å². The average molecular weight is 604 g/mol. The van der Waals surface area contributed by atoms with Gasteiger partial charge in [0.05, 0.1) is 22.9 Å². The van der Waals surface area contributed by atoms with Crippen LogP contribution in [-0.2, 0) is 24.5 Å². The summed E-state index contributed by atoms with van der Waals surface area (Å²) in [4.78, 5) is 57.2. The molecule has 2 atom stereocenters. The molecule has 2 amide bonds. The van der Waals surface area contributed by atoms with Gasteiger partial charge in [0.2, 0.25) is 11.8 Å². The molecule has 11 heteroatoms. The van der Waals surface area contributed by atoms with Crippen molar-refractivity contribution in [1.29, 1.82) is 0 Å². The molecule has 2 unspecified atom stereocenters. The van der Waals surface area contributed by atoms with Crippen molar-refractivity contribution in [3.63, 3.8) is 0 Å². The molecule has 44 heavy (non-hydrogen) atoms. The maximum Gasteiger partial charge on any atom is 0.316 e. The van der Waals surface area contributed by atoms with E-state index in [0.29, 0.717) is 55.0 Å². The van der Waals surface area contributed by atoms with E-state index in [1.54, 1.807) is 26.0 Å². The number of hydrogen-bond donors (Lipinski definition) is 2. The molecule has 2 aliphatic rings. The Balaban J connectivity index is 1.41. The van der Waals surface area contributed by atoms with Gasteiger partial charge in [-0.2, -0.15) is 0 Å². The number of benzene rings is 2. The number of rotatable bonds is 11. The first-order valence-corrected chi connectivity index (χ1v) is 15.1. The Hall–Kier alpha value is -4.38. The third kappa shape index (κ3) is 6.88. The summed E-state index contributed by atoms with van der Waals surface area (Å²) in [6.07, 6.45) is 2.01. The van der Waals surface area contributed by atoms with Crippen LogP contribution in [0.2, 0.25) is 0 Å². The van der Waals surface area contributed by atoms with Gasteiger partial charge in [0.15, 0.2) is 0 Å². The van der Waals surface area contributed by atoms with Gasteiger partial charge in [0.25, 0.3) is 5.69 Å². The van der Waals surface area contributed by atoms with Gasteiger partial charge in [-0.05, 0) is 70.8 Å². The van der Waals surface area contributed by atoms with Crippen LogP contribution in [0.5, 0.6) is 0 Å². The molecule has 11 nitrogen and oxygen atoms in total. The number of carbonyl (C=O) groups excluding carboxylic acids is 3. The van der Waals surface area contributed by atoms with E-state index in [1.165, 1.54) is 19.2 Å². The minimum Gasteiger partial charge on any atom is -0.465 e. The zero-order chi connectivity index (χ0) is 31.9. The Morgan fingerprint density at radius 3 is 2.32 bits per heavy atom. The first kappa shape index (κ1) is 32.5. The van der Waals surface area contributed by atoms with Crippen molar-refractivity contribution in [3.05, 3.63) is 87.1 Å². The smallest absolute Gasteiger partial charge is 0.316 e. The number of ether oxygens (including phenoxy) is 1. The fourth-order valence-electron chi connectivity index (χ4n) is 6.39. The van der Waals surface area contributed by atoms with Crippen LogP contribution in [0.3, 0.4) is 0 Å². The summed E-state index contributed by atoms with van der Waals surface area (Å²) in [5.41, 5.74) is 2.34. The number of nitro groups is 1. The molecule has 4 rings (SSSR count). The summed E-state index contributed by atoms with van der Waals surface area (Å²) in [6, 6.07) is 15.8. The van der Waals surface area contributed by atoms with Crippen molar-refractivity contribution in [2.45, 2.75) is 51.4 Å². The molecule has 234 valence electrons. The fourth-order valence-corrected chi connectivity index (χ4v) is 6.39. The van der Waals surface area contributed by atoms with E-state index in [4.69, 9.17) is 4.74 Å². The second-order valence-electron chi connectivity index (χ2n) is 11.3. The predicted molar refractivity (Wildman–Crippen MR) is 167 cm³/mol. The van der Waals surface area contributed by atoms with E-state index in [1.807, 2.05) is 37.3 Å². The van der Waals surface area contributed by atoms with Gasteiger partial charge in [-0.3, -0.25) is 29.5 Å². The van der Waals surface area contributed by atoms with Gasteiger partial charge in [-0.1, -0.05) is 42.5 Å². The normalized spacial score (nSPS) is 20.0. The van der Waals surface area contributed by atoms with Crippen molar-refractivity contribution in [2.75, 3.05) is 39.8 Å². The second-order valence-corrected chi connectivity index (χ2v) is 11.3. The van der Waals surface area contributed by atoms with E-state index in [0.717, 1.165) is 25.2 Å². The molecule has 1 fully saturated rings. The molecule has 2 aliphatic heterocycles. The summed E-state index contributed by atoms with van der Waals surface area (Å²) in [5.74, 6) is -2.16. The summed E-state index contributed by atoms with van der Waals surface area (Å²) in [7, 11) is 1.53. The van der Waals surface area contributed by atoms with Crippen LogP contribution in [0, 0.1) is 16.0 Å². The molecule has 2 N–H and O–H groups in total. The summed E-state index contributed by atoms with van der Waals surface area (Å²) in [5, 5.41) is 16.9. The number of esters is 1. The van der Waals surface area contributed by atoms with Gasteiger partial charge >= 0.3 is 5.97 Å². The SMILES string of the molecule is CCOC(=O)C1(c2ccccc2)CCN(CCCNC(=O)C2=C(C)N=C(C)C(C(=O)NC)C2c2ccc([N+](=O)[O-])cc2)CC1. The summed E-state index contributed by atoms with van der Waals surface area (Å²) < 4.78 is 5.49. The van der Waals surface area contributed by atoms with Crippen LogP contribution < -0.4 is 10.6 Å². The summed E-state index contributed by atoms with van der Waals surface area (Å²) >= 11 is 0. The zero-order valence-corrected chi connectivity index (χ0v) is 25.8. The number of allylic oxidation sites excluding steroid dienone is 1. The number of nitrogens with zero attached hydrogens (tertiary/aromatic N) is 3. The molecule has 1 saturated heterocycles. The lowest BCUT2D eigenvalue weighted by Gasteiger charge is -2.40. The topological polar surface area (TPSA) is 143 Å². The molecule has 0 saturated carbocycles. The highest BCUT2D eigenvalue weighted by molar-refractivity contribution is 6.09. The van der Waals surface area contributed by atoms with E-state index in [9.17, 15) is 24.5 Å². The first-order chi connectivity index (χ1) is 21.1. The number of amides is 2. The van der Waals surface area contributed by atoms with E-state index in [-0.39, 0.29) is 23.5 Å². The van der Waals surface area contributed by atoms with Gasteiger partial charge < -0.3 is 20.3 Å². The van der Waals surface area contributed by atoms with Crippen LogP contribution in [0.25, 0.3) is 0 Å². The van der Waals surface area contributed by atoms with Crippen LogP contribution in [0.1, 0.15) is 57.1 Å². The van der Waals surface area contributed by atoms with Crippen molar-refractivity contribution >= 4 is 29.2 Å². The Morgan fingerprint density at radius 2 is 1.73 bits per heavy atom. The number of nitro benzene ring substituents is 1. The third-order valence-corrected chi connectivity index (χ3v) is 8.70. The number of non-ortho nitro benzene ring substituents is 1. The quantitative estimate of drug-likeness (QED) is 0.172. The molecule has 0 bridgehead atoms. The summed E-state index contributed by atoms with van der Waals surface area (Å²) in [6.45, 7) is 8.28. The maximum atomic E-state index is 13.6. The second kappa shape index (κ2) is 14.4. The molecule has 2 aromatic rings. The highest BCUT2D eigenvalue weighted by atomic mass is 16.6. The lowest BCUT2D eigenvalue weighted by Crippen LogP contribution is -2.48. The zero-order valence-electron chi connectivity index (χ0n) is 25.8. The van der Waals surface area contributed by atoms with Gasteiger partial charge in [-0.15, -0.1) is 0 Å². The molecular formula is C33H41N5O6. The van der Waals surface area contributed by atoms with Gasteiger partial charge in [-0.25, -0.2) is 0 Å². The Bertz CT molecular complexity index is 1430. The van der Waals surface area contributed by atoms with Crippen LogP contribution in [0.4, 0.5) is 5.69 Å². The number of carbonyl (C=O) groups is 3. The van der Waals surface area contributed by atoms with Gasteiger partial charge in [0.1, 0.15) is 0 Å². The minimum absolute atomic E-state index is 0.0703. The lowest BCUT2D eigenvalue weighted by molar-refractivity contribution is -0.384. The van der Waals surface area contributed by atoms with Crippen molar-refractivity contribution in [1.82, 2.24) is 15.5 Å². The highest BCUT2D eigenvalue weighted by Gasteiger charge is 2.44. The van der Waals surface area contributed by atoms with Gasteiger partial charge in [0, 0.05) is 48.6 Å². The van der Waals surface area contributed by atoms with E-state index >= 15 is 0 Å². The molecule has 2 heterocycles. The van der Waals surface area contributed by atoms with Crippen molar-refractivity contribution < 1.29 is 24.0 Å². The highest BCUT2D eigenvalue weighted by Crippen LogP contribution is 2.40. The molecule has 0 aliphatic carbocycles. The average Bonchev–Trinajstić information content (AvgIpc) is 3.03.